The maximum atomic E-state index is 15.1. The topological polar surface area (TPSA) is 90.7 Å². The Hall–Kier alpha value is -1.16. The van der Waals surface area contributed by atoms with E-state index < -0.39 is 52.0 Å². The van der Waals surface area contributed by atoms with Crippen LogP contribution in [0.2, 0.25) is 5.15 Å². The molecule has 0 radical (unpaired) electrons. The van der Waals surface area contributed by atoms with Crippen LogP contribution in [-0.4, -0.2) is 44.7 Å². The van der Waals surface area contributed by atoms with Gasteiger partial charge in [-0.1, -0.05) is 53.1 Å². The molecule has 1 aromatic heterocycles. The molecule has 2 unspecified atom stereocenters. The second-order valence-electron chi connectivity index (χ2n) is 10.6. The molecule has 0 bridgehead atoms. The van der Waals surface area contributed by atoms with E-state index in [1.54, 1.807) is 6.92 Å². The Morgan fingerprint density at radius 3 is 2.23 bits per heavy atom. The average molecular weight is 569 g/mol. The number of nitrogens with zero attached hydrogens (tertiary/aromatic N) is 2. The van der Waals surface area contributed by atoms with Crippen molar-refractivity contribution in [2.75, 3.05) is 6.54 Å². The Balaban J connectivity index is 2.88. The number of halogens is 3. The van der Waals surface area contributed by atoms with Crippen LogP contribution in [-0.2, 0) is 11.2 Å². The minimum absolute atomic E-state index is 0.00113. The van der Waals surface area contributed by atoms with Crippen LogP contribution in [0.4, 0.5) is 9.18 Å². The van der Waals surface area contributed by atoms with Gasteiger partial charge in [0.05, 0.1) is 14.7 Å². The Morgan fingerprint density at radius 1 is 1.26 bits per heavy atom. The zero-order chi connectivity index (χ0) is 24.1. The number of aliphatic carboxylic acids is 1. The maximum absolute atomic E-state index is 15.1. The Morgan fingerprint density at radius 2 is 1.81 bits per heavy atom. The number of piperidine rings is 1. The lowest BCUT2D eigenvalue weighted by Crippen LogP contribution is -2.68. The smallest absolute Gasteiger partial charge is 0.407 e. The lowest BCUT2D eigenvalue weighted by atomic mass is 9.48. The monoisotopic (exact) mass is 568 g/mol. The highest BCUT2D eigenvalue weighted by atomic mass is 127. The summed E-state index contributed by atoms with van der Waals surface area (Å²) in [7, 11) is 0. The van der Waals surface area contributed by atoms with Crippen molar-refractivity contribution in [2.24, 2.45) is 28.1 Å². The Bertz CT molecular complexity index is 883. The van der Waals surface area contributed by atoms with Crippen LogP contribution in [0.3, 0.4) is 0 Å². The first-order valence-electron chi connectivity index (χ1n) is 10.2. The molecular formula is C22H31ClFIN2O4. The number of pyridine rings is 1. The molecule has 1 aliphatic rings. The molecule has 0 spiro atoms. The molecule has 6 nitrogen and oxygen atoms in total. The van der Waals surface area contributed by atoms with Crippen LogP contribution in [0.25, 0.3) is 0 Å². The summed E-state index contributed by atoms with van der Waals surface area (Å²) in [6.07, 6.45) is -1.26. The molecule has 1 aliphatic heterocycles. The number of carboxylic acid groups (broad SMARTS) is 2. The first kappa shape index (κ1) is 26.1. The first-order chi connectivity index (χ1) is 13.9. The molecule has 174 valence electrons. The number of likely N-dealkylation sites (tertiary alicyclic amines) is 1. The molecule has 31 heavy (non-hydrogen) atoms. The summed E-state index contributed by atoms with van der Waals surface area (Å²) >= 11 is 7.91. The number of rotatable bonds is 3. The summed E-state index contributed by atoms with van der Waals surface area (Å²) in [5.41, 5.74) is -2.61. The van der Waals surface area contributed by atoms with Gasteiger partial charge in [-0.25, -0.2) is 14.2 Å². The summed E-state index contributed by atoms with van der Waals surface area (Å²) in [5, 5.41) is 20.7. The molecule has 2 N–H and O–H groups in total. The van der Waals surface area contributed by atoms with Gasteiger partial charge in [-0.15, -0.1) is 0 Å². The van der Waals surface area contributed by atoms with E-state index in [1.165, 1.54) is 11.0 Å². The fourth-order valence-corrected chi connectivity index (χ4v) is 6.65. The third-order valence-corrected chi connectivity index (χ3v) is 7.54. The molecule has 2 rings (SSSR count). The molecule has 0 aliphatic carbocycles. The summed E-state index contributed by atoms with van der Waals surface area (Å²) in [6.45, 7) is 13.2. The van der Waals surface area contributed by atoms with Crippen molar-refractivity contribution in [1.82, 2.24) is 9.88 Å². The van der Waals surface area contributed by atoms with E-state index in [2.05, 4.69) is 4.98 Å². The molecule has 0 aromatic carbocycles. The van der Waals surface area contributed by atoms with Gasteiger partial charge in [-0.3, -0.25) is 4.79 Å². The minimum Gasteiger partial charge on any atom is -0.481 e. The molecule has 2 heterocycles. The van der Waals surface area contributed by atoms with Crippen LogP contribution < -0.4 is 0 Å². The van der Waals surface area contributed by atoms with Crippen molar-refractivity contribution in [3.05, 3.63) is 26.3 Å². The van der Waals surface area contributed by atoms with Crippen molar-refractivity contribution >= 4 is 46.3 Å². The zero-order valence-corrected chi connectivity index (χ0v) is 21.9. The number of hydrogen-bond donors (Lipinski definition) is 2. The molecule has 1 aromatic rings. The van der Waals surface area contributed by atoms with E-state index in [9.17, 15) is 19.8 Å². The number of carbonyl (C=O) groups is 2. The van der Waals surface area contributed by atoms with Crippen molar-refractivity contribution in [2.45, 2.75) is 60.9 Å². The molecular weight excluding hydrogens is 538 g/mol. The normalized spacial score (nSPS) is 27.3. The van der Waals surface area contributed by atoms with Gasteiger partial charge in [-0.2, -0.15) is 0 Å². The molecule has 9 heteroatoms. The van der Waals surface area contributed by atoms with E-state index in [4.69, 9.17) is 11.6 Å². The van der Waals surface area contributed by atoms with E-state index in [1.807, 2.05) is 64.1 Å². The second kappa shape index (κ2) is 8.65. The number of carboxylic acids is 1. The van der Waals surface area contributed by atoms with Gasteiger partial charge in [0, 0.05) is 24.9 Å². The minimum atomic E-state index is -1.45. The molecule has 1 fully saturated rings. The highest BCUT2D eigenvalue weighted by Gasteiger charge is 2.64. The quantitative estimate of drug-likeness (QED) is 0.355. The first-order valence-corrected chi connectivity index (χ1v) is 11.6. The van der Waals surface area contributed by atoms with Gasteiger partial charge in [-0.05, 0) is 52.3 Å². The van der Waals surface area contributed by atoms with E-state index >= 15 is 4.39 Å². The molecule has 1 saturated heterocycles. The summed E-state index contributed by atoms with van der Waals surface area (Å²) in [5.74, 6) is -2.85. The van der Waals surface area contributed by atoms with Crippen molar-refractivity contribution in [1.29, 1.82) is 0 Å². The van der Waals surface area contributed by atoms with Crippen LogP contribution in [0.15, 0.2) is 6.07 Å². The third kappa shape index (κ3) is 4.79. The van der Waals surface area contributed by atoms with Crippen LogP contribution in [0.5, 0.6) is 0 Å². The summed E-state index contributed by atoms with van der Waals surface area (Å²) in [6, 6.07) is 0.806. The highest BCUT2D eigenvalue weighted by Crippen LogP contribution is 2.58. The molecule has 4 atom stereocenters. The Kier molecular flexibility index (Phi) is 7.28. The Labute approximate surface area is 201 Å². The van der Waals surface area contributed by atoms with Crippen LogP contribution in [0.1, 0.15) is 54.2 Å². The van der Waals surface area contributed by atoms with Crippen LogP contribution in [0, 0.1) is 37.5 Å². The lowest BCUT2D eigenvalue weighted by Gasteiger charge is -2.60. The van der Waals surface area contributed by atoms with Gasteiger partial charge in [0.2, 0.25) is 0 Å². The average Bonchev–Trinajstić information content (AvgIpc) is 2.56. The zero-order valence-electron chi connectivity index (χ0n) is 19.0. The summed E-state index contributed by atoms with van der Waals surface area (Å²) in [4.78, 5) is 30.7. The van der Waals surface area contributed by atoms with Crippen molar-refractivity contribution in [3.8, 4) is 0 Å². The lowest BCUT2D eigenvalue weighted by molar-refractivity contribution is -0.184. The fourth-order valence-electron chi connectivity index (χ4n) is 5.65. The van der Waals surface area contributed by atoms with Gasteiger partial charge in [0.15, 0.2) is 5.82 Å². The van der Waals surface area contributed by atoms with Crippen LogP contribution >= 0.6 is 34.2 Å². The van der Waals surface area contributed by atoms with Gasteiger partial charge >= 0.3 is 12.1 Å². The fraction of sp³-hybridized carbons (Fsp3) is 0.682. The standard InChI is InChI=1S/C22H31ClFIN2O4/c1-11-17(21(5,6)7)22(18(28)29,9-13-16(24)12(25)8-15(23)26-13)14(20(2,3)4)10-27(11)19(30)31/h8,11,14,17H,9-10H2,1-7H3,(H,28,29)(H,30,31)/t11-,14?,17?,22-/m1/s1. The third-order valence-electron chi connectivity index (χ3n) is 6.56. The van der Waals surface area contributed by atoms with E-state index in [-0.39, 0.29) is 27.4 Å². The second-order valence-corrected chi connectivity index (χ2v) is 12.2. The van der Waals surface area contributed by atoms with Gasteiger partial charge in [0.1, 0.15) is 5.15 Å². The highest BCUT2D eigenvalue weighted by molar-refractivity contribution is 14.1. The largest absolute Gasteiger partial charge is 0.481 e. The van der Waals surface area contributed by atoms with Gasteiger partial charge < -0.3 is 15.1 Å². The predicted octanol–water partition coefficient (Wildman–Crippen LogP) is 5.80. The van der Waals surface area contributed by atoms with E-state index in [0.717, 1.165) is 0 Å². The summed E-state index contributed by atoms with van der Waals surface area (Å²) < 4.78 is 15.4. The number of amides is 1. The van der Waals surface area contributed by atoms with Gasteiger partial charge in [0.25, 0.3) is 0 Å². The van der Waals surface area contributed by atoms with Crippen molar-refractivity contribution in [3.63, 3.8) is 0 Å². The number of aromatic nitrogens is 1. The van der Waals surface area contributed by atoms with E-state index in [0.29, 0.717) is 0 Å². The molecule has 1 amide bonds. The number of hydrogen-bond acceptors (Lipinski definition) is 3. The SMILES string of the molecule is C[C@@H]1C(C(C)(C)C)[C@](Cc2nc(Cl)cc(I)c2F)(C(=O)O)C(C(C)(C)C)CN1C(=O)O. The van der Waals surface area contributed by atoms with Crippen molar-refractivity contribution < 1.29 is 24.2 Å². The molecule has 0 saturated carbocycles. The predicted molar refractivity (Wildman–Crippen MR) is 126 cm³/mol. The maximum Gasteiger partial charge on any atom is 0.407 e.